The average molecular weight is 295 g/mol. The smallest absolute Gasteiger partial charge is 0.126 e. The lowest BCUT2D eigenvalue weighted by molar-refractivity contribution is -0.120. The largest absolute Gasteiger partial charge is 0.375 e. The van der Waals surface area contributed by atoms with Gasteiger partial charge in [-0.1, -0.05) is 19.3 Å². The quantitative estimate of drug-likeness (QED) is 0.891. The van der Waals surface area contributed by atoms with Gasteiger partial charge in [0.1, 0.15) is 11.6 Å². The molecule has 2 atom stereocenters. The fraction of sp³-hybridized carbons (Fsp3) is 0.647. The van der Waals surface area contributed by atoms with Gasteiger partial charge in [-0.25, -0.2) is 8.78 Å². The van der Waals surface area contributed by atoms with E-state index in [0.717, 1.165) is 31.7 Å². The van der Waals surface area contributed by atoms with Gasteiger partial charge < -0.3 is 10.5 Å². The van der Waals surface area contributed by atoms with Gasteiger partial charge in [0.05, 0.1) is 5.60 Å². The SMILES string of the molecule is NC(c1cc(F)cc(F)c1)C1CCOC2(CCCCC2)C1. The summed E-state index contributed by atoms with van der Waals surface area (Å²) in [6, 6.07) is 3.29. The Bertz CT molecular complexity index is 474. The van der Waals surface area contributed by atoms with E-state index in [1.807, 2.05) is 0 Å². The summed E-state index contributed by atoms with van der Waals surface area (Å²) in [5.74, 6) is -0.877. The minimum absolute atomic E-state index is 0.0370. The van der Waals surface area contributed by atoms with E-state index in [1.54, 1.807) is 0 Å². The lowest BCUT2D eigenvalue weighted by Crippen LogP contribution is -2.44. The molecule has 0 amide bonds. The first-order chi connectivity index (χ1) is 10.1. The summed E-state index contributed by atoms with van der Waals surface area (Å²) in [6.45, 7) is 0.705. The second-order valence-electron chi connectivity index (χ2n) is 6.57. The second kappa shape index (κ2) is 6.01. The first-order valence-corrected chi connectivity index (χ1v) is 7.94. The van der Waals surface area contributed by atoms with Crippen molar-refractivity contribution in [1.82, 2.24) is 0 Å². The van der Waals surface area contributed by atoms with Crippen LogP contribution >= 0.6 is 0 Å². The van der Waals surface area contributed by atoms with Crippen LogP contribution < -0.4 is 5.73 Å². The van der Waals surface area contributed by atoms with E-state index < -0.39 is 11.6 Å². The zero-order valence-corrected chi connectivity index (χ0v) is 12.3. The standard InChI is InChI=1S/C17H23F2NO/c18-14-8-13(9-15(19)10-14)16(20)12-4-7-21-17(11-12)5-2-1-3-6-17/h8-10,12,16H,1-7,11,20H2. The second-order valence-corrected chi connectivity index (χ2v) is 6.57. The van der Waals surface area contributed by atoms with Crippen LogP contribution in [0.3, 0.4) is 0 Å². The molecule has 1 aromatic carbocycles. The van der Waals surface area contributed by atoms with Gasteiger partial charge in [-0.3, -0.25) is 0 Å². The zero-order valence-electron chi connectivity index (χ0n) is 12.3. The van der Waals surface area contributed by atoms with Crippen LogP contribution in [0.1, 0.15) is 56.6 Å². The monoisotopic (exact) mass is 295 g/mol. The maximum Gasteiger partial charge on any atom is 0.126 e. The Hall–Kier alpha value is -1.00. The Morgan fingerprint density at radius 1 is 1.10 bits per heavy atom. The zero-order chi connectivity index (χ0) is 14.9. The molecule has 1 heterocycles. The predicted molar refractivity (Wildman–Crippen MR) is 77.8 cm³/mol. The molecular formula is C17H23F2NO. The van der Waals surface area contributed by atoms with Crippen LogP contribution in [-0.2, 0) is 4.74 Å². The molecule has 0 radical (unpaired) electrons. The molecule has 0 aromatic heterocycles. The molecule has 2 nitrogen and oxygen atoms in total. The van der Waals surface area contributed by atoms with Gasteiger partial charge in [0, 0.05) is 18.7 Å². The molecule has 21 heavy (non-hydrogen) atoms. The van der Waals surface area contributed by atoms with E-state index in [-0.39, 0.29) is 17.6 Å². The van der Waals surface area contributed by atoms with Gasteiger partial charge in [0.2, 0.25) is 0 Å². The molecule has 2 aliphatic rings. The van der Waals surface area contributed by atoms with E-state index in [4.69, 9.17) is 10.5 Å². The van der Waals surface area contributed by atoms with Gasteiger partial charge in [0.15, 0.2) is 0 Å². The number of halogens is 2. The first-order valence-electron chi connectivity index (χ1n) is 7.94. The summed E-state index contributed by atoms with van der Waals surface area (Å²) in [5, 5.41) is 0. The third kappa shape index (κ3) is 3.27. The van der Waals surface area contributed by atoms with E-state index in [1.165, 1.54) is 31.4 Å². The number of nitrogens with two attached hydrogens (primary N) is 1. The topological polar surface area (TPSA) is 35.2 Å². The average Bonchev–Trinajstić information content (AvgIpc) is 2.46. The van der Waals surface area contributed by atoms with Crippen LogP contribution in [0.5, 0.6) is 0 Å². The Balaban J connectivity index is 1.76. The molecule has 1 spiro atoms. The number of hydrogen-bond acceptors (Lipinski definition) is 2. The molecular weight excluding hydrogens is 272 g/mol. The Morgan fingerprint density at radius 2 is 1.76 bits per heavy atom. The molecule has 0 bridgehead atoms. The summed E-state index contributed by atoms with van der Waals surface area (Å²) in [7, 11) is 0. The summed E-state index contributed by atoms with van der Waals surface area (Å²) in [4.78, 5) is 0. The molecule has 1 aromatic rings. The van der Waals surface area contributed by atoms with Crippen LogP contribution in [0.4, 0.5) is 8.78 Å². The fourth-order valence-corrected chi connectivity index (χ4v) is 3.96. The van der Waals surface area contributed by atoms with Gasteiger partial charge in [-0.15, -0.1) is 0 Å². The number of rotatable bonds is 2. The highest BCUT2D eigenvalue weighted by Crippen LogP contribution is 2.43. The molecule has 1 saturated carbocycles. The number of hydrogen-bond donors (Lipinski definition) is 1. The normalized spacial score (nSPS) is 26.7. The lowest BCUT2D eigenvalue weighted by atomic mass is 9.73. The maximum atomic E-state index is 13.4. The minimum Gasteiger partial charge on any atom is -0.375 e. The minimum atomic E-state index is -0.556. The van der Waals surface area contributed by atoms with E-state index in [9.17, 15) is 8.78 Å². The summed E-state index contributed by atoms with van der Waals surface area (Å²) < 4.78 is 32.8. The Morgan fingerprint density at radius 3 is 2.43 bits per heavy atom. The highest BCUT2D eigenvalue weighted by Gasteiger charge is 2.40. The van der Waals surface area contributed by atoms with Crippen LogP contribution in [0.25, 0.3) is 0 Å². The summed E-state index contributed by atoms with van der Waals surface area (Å²) >= 11 is 0. The van der Waals surface area contributed by atoms with Crippen LogP contribution in [0, 0.1) is 17.6 Å². The van der Waals surface area contributed by atoms with Crippen molar-refractivity contribution >= 4 is 0 Å². The fourth-order valence-electron chi connectivity index (χ4n) is 3.96. The highest BCUT2D eigenvalue weighted by molar-refractivity contribution is 5.22. The lowest BCUT2D eigenvalue weighted by Gasteiger charge is -2.45. The van der Waals surface area contributed by atoms with E-state index in [0.29, 0.717) is 12.2 Å². The van der Waals surface area contributed by atoms with Crippen molar-refractivity contribution < 1.29 is 13.5 Å². The molecule has 1 aliphatic carbocycles. The van der Waals surface area contributed by atoms with Gasteiger partial charge in [0.25, 0.3) is 0 Å². The molecule has 2 unspecified atom stereocenters. The summed E-state index contributed by atoms with van der Waals surface area (Å²) in [6.07, 6.45) is 7.64. The van der Waals surface area contributed by atoms with Gasteiger partial charge >= 0.3 is 0 Å². The van der Waals surface area contributed by atoms with Crippen molar-refractivity contribution in [3.05, 3.63) is 35.4 Å². The van der Waals surface area contributed by atoms with Crippen molar-refractivity contribution in [2.24, 2.45) is 11.7 Å². The maximum absolute atomic E-state index is 13.4. The van der Waals surface area contributed by atoms with Crippen LogP contribution in [0.2, 0.25) is 0 Å². The van der Waals surface area contributed by atoms with Gasteiger partial charge in [-0.2, -0.15) is 0 Å². The van der Waals surface area contributed by atoms with E-state index >= 15 is 0 Å². The van der Waals surface area contributed by atoms with E-state index in [2.05, 4.69) is 0 Å². The molecule has 2 fully saturated rings. The van der Waals surface area contributed by atoms with Crippen molar-refractivity contribution in [3.63, 3.8) is 0 Å². The first kappa shape index (κ1) is 14.9. The van der Waals surface area contributed by atoms with Crippen molar-refractivity contribution in [3.8, 4) is 0 Å². The molecule has 1 aliphatic heterocycles. The molecule has 4 heteroatoms. The molecule has 1 saturated heterocycles. The number of ether oxygens (including phenoxy) is 1. The van der Waals surface area contributed by atoms with Gasteiger partial charge in [-0.05, 0) is 49.3 Å². The number of benzene rings is 1. The summed E-state index contributed by atoms with van der Waals surface area (Å²) in [5.41, 5.74) is 6.83. The van der Waals surface area contributed by atoms with Crippen molar-refractivity contribution in [2.45, 2.75) is 56.6 Å². The Labute approximate surface area is 124 Å². The highest BCUT2D eigenvalue weighted by atomic mass is 19.1. The van der Waals surface area contributed by atoms with Crippen LogP contribution in [-0.4, -0.2) is 12.2 Å². The molecule has 116 valence electrons. The van der Waals surface area contributed by atoms with Crippen LogP contribution in [0.15, 0.2) is 18.2 Å². The van der Waals surface area contributed by atoms with Crippen molar-refractivity contribution in [2.75, 3.05) is 6.61 Å². The Kier molecular flexibility index (Phi) is 4.27. The molecule has 2 N–H and O–H groups in total. The third-order valence-electron chi connectivity index (χ3n) is 5.07. The predicted octanol–water partition coefficient (Wildman–Crippen LogP) is 4.09. The third-order valence-corrected chi connectivity index (χ3v) is 5.07. The molecule has 3 rings (SSSR count). The van der Waals surface area contributed by atoms with Crippen molar-refractivity contribution in [1.29, 1.82) is 0 Å².